The maximum absolute atomic E-state index is 9.99. The molecule has 3 rings (SSSR count). The molecule has 0 fully saturated rings. The number of aromatic hydroxyl groups is 1. The van der Waals surface area contributed by atoms with Gasteiger partial charge in [0, 0.05) is 5.56 Å². The molecule has 0 bridgehead atoms. The molecule has 0 amide bonds. The Morgan fingerprint density at radius 3 is 2.14 bits per heavy atom. The van der Waals surface area contributed by atoms with E-state index >= 15 is 0 Å². The van der Waals surface area contributed by atoms with Crippen LogP contribution in [0.4, 0.5) is 0 Å². The van der Waals surface area contributed by atoms with Gasteiger partial charge in [-0.05, 0) is 49.2 Å². The Hall–Kier alpha value is -2.69. The zero-order chi connectivity index (χ0) is 15.9. The standard InChI is InChI=1S/C17H18N2O3/c1-9-5-12-13(6-10(9)2)19-17(18-12)11-7-14(21-3)16(20)15(8-11)22-4/h5-8,20H,1-4H3,(H,18,19). The van der Waals surface area contributed by atoms with Crippen molar-refractivity contribution in [1.82, 2.24) is 9.97 Å². The molecule has 0 aliphatic rings. The van der Waals surface area contributed by atoms with Crippen LogP contribution in [0.5, 0.6) is 17.2 Å². The average molecular weight is 298 g/mol. The third-order valence-electron chi connectivity index (χ3n) is 3.85. The number of hydrogen-bond donors (Lipinski definition) is 2. The predicted octanol–water partition coefficient (Wildman–Crippen LogP) is 3.57. The van der Waals surface area contributed by atoms with E-state index in [-0.39, 0.29) is 5.75 Å². The number of H-pyrrole nitrogens is 1. The number of aromatic amines is 1. The second-order valence-electron chi connectivity index (χ2n) is 5.27. The number of imidazole rings is 1. The Morgan fingerprint density at radius 1 is 0.955 bits per heavy atom. The molecule has 0 saturated heterocycles. The van der Waals surface area contributed by atoms with E-state index < -0.39 is 0 Å². The molecular formula is C17H18N2O3. The number of ether oxygens (including phenoxy) is 2. The molecule has 1 aromatic heterocycles. The summed E-state index contributed by atoms with van der Waals surface area (Å²) in [7, 11) is 3.01. The second kappa shape index (κ2) is 5.26. The quantitative estimate of drug-likeness (QED) is 0.775. The fraction of sp³-hybridized carbons (Fsp3) is 0.235. The van der Waals surface area contributed by atoms with Crippen molar-refractivity contribution < 1.29 is 14.6 Å². The number of nitrogens with zero attached hydrogens (tertiary/aromatic N) is 1. The van der Waals surface area contributed by atoms with Crippen LogP contribution in [-0.2, 0) is 0 Å². The number of fused-ring (bicyclic) bond motifs is 1. The first-order valence-electron chi connectivity index (χ1n) is 6.95. The number of aromatic nitrogens is 2. The van der Waals surface area contributed by atoms with Crippen molar-refractivity contribution in [1.29, 1.82) is 0 Å². The Bertz CT molecular complexity index is 788. The summed E-state index contributed by atoms with van der Waals surface area (Å²) in [6.45, 7) is 4.14. The minimum Gasteiger partial charge on any atom is -0.502 e. The van der Waals surface area contributed by atoms with Crippen molar-refractivity contribution in [2.75, 3.05) is 14.2 Å². The van der Waals surface area contributed by atoms with E-state index in [4.69, 9.17) is 9.47 Å². The Kier molecular flexibility index (Phi) is 3.41. The van der Waals surface area contributed by atoms with Crippen LogP contribution in [0, 0.1) is 13.8 Å². The summed E-state index contributed by atoms with van der Waals surface area (Å²) in [6, 6.07) is 7.60. The fourth-order valence-corrected chi connectivity index (χ4v) is 2.44. The van der Waals surface area contributed by atoms with Crippen LogP contribution in [0.25, 0.3) is 22.4 Å². The summed E-state index contributed by atoms with van der Waals surface area (Å²) in [4.78, 5) is 7.92. The SMILES string of the molecule is COc1cc(-c2nc3cc(C)c(C)cc3[nH]2)cc(OC)c1O. The summed E-state index contributed by atoms with van der Waals surface area (Å²) >= 11 is 0. The van der Waals surface area contributed by atoms with E-state index in [2.05, 4.69) is 35.9 Å². The summed E-state index contributed by atoms with van der Waals surface area (Å²) in [6.07, 6.45) is 0. The molecule has 2 N–H and O–H groups in total. The van der Waals surface area contributed by atoms with Gasteiger partial charge in [0.05, 0.1) is 25.3 Å². The van der Waals surface area contributed by atoms with Gasteiger partial charge in [-0.15, -0.1) is 0 Å². The van der Waals surface area contributed by atoms with E-state index in [1.54, 1.807) is 12.1 Å². The van der Waals surface area contributed by atoms with E-state index in [9.17, 15) is 5.11 Å². The highest BCUT2D eigenvalue weighted by atomic mass is 16.5. The molecule has 0 atom stereocenters. The van der Waals surface area contributed by atoms with E-state index in [0.29, 0.717) is 17.3 Å². The van der Waals surface area contributed by atoms with E-state index in [0.717, 1.165) is 16.6 Å². The van der Waals surface area contributed by atoms with Gasteiger partial charge in [-0.2, -0.15) is 0 Å². The van der Waals surface area contributed by atoms with Crippen LogP contribution in [0.2, 0.25) is 0 Å². The fourth-order valence-electron chi connectivity index (χ4n) is 2.44. The third-order valence-corrected chi connectivity index (χ3v) is 3.85. The lowest BCUT2D eigenvalue weighted by Gasteiger charge is -2.09. The molecule has 0 aliphatic heterocycles. The zero-order valence-electron chi connectivity index (χ0n) is 13.0. The summed E-state index contributed by atoms with van der Waals surface area (Å²) in [5.74, 6) is 1.39. The van der Waals surface area contributed by atoms with E-state index in [1.807, 2.05) is 0 Å². The summed E-state index contributed by atoms with van der Waals surface area (Å²) in [5.41, 5.74) is 5.08. The molecule has 0 radical (unpaired) electrons. The lowest BCUT2D eigenvalue weighted by molar-refractivity contribution is 0.340. The molecule has 5 nitrogen and oxygen atoms in total. The first-order chi connectivity index (χ1) is 10.5. The maximum atomic E-state index is 9.99. The normalized spacial score (nSPS) is 10.9. The number of hydrogen-bond acceptors (Lipinski definition) is 4. The molecule has 5 heteroatoms. The summed E-state index contributed by atoms with van der Waals surface area (Å²) in [5, 5.41) is 9.99. The van der Waals surface area contributed by atoms with Crippen molar-refractivity contribution in [3.05, 3.63) is 35.4 Å². The lowest BCUT2D eigenvalue weighted by atomic mass is 10.1. The summed E-state index contributed by atoms with van der Waals surface area (Å²) < 4.78 is 10.4. The Balaban J connectivity index is 2.18. The molecule has 22 heavy (non-hydrogen) atoms. The van der Waals surface area contributed by atoms with Crippen LogP contribution in [0.3, 0.4) is 0 Å². The molecule has 2 aromatic carbocycles. The molecule has 0 aliphatic carbocycles. The number of nitrogens with one attached hydrogen (secondary N) is 1. The lowest BCUT2D eigenvalue weighted by Crippen LogP contribution is -1.91. The number of methoxy groups -OCH3 is 2. The van der Waals surface area contributed by atoms with Crippen molar-refractivity contribution in [3.63, 3.8) is 0 Å². The maximum Gasteiger partial charge on any atom is 0.200 e. The molecule has 3 aromatic rings. The van der Waals surface area contributed by atoms with Crippen LogP contribution in [-0.4, -0.2) is 29.3 Å². The van der Waals surface area contributed by atoms with Crippen LogP contribution >= 0.6 is 0 Å². The van der Waals surface area contributed by atoms with Crippen molar-refractivity contribution >= 4 is 11.0 Å². The van der Waals surface area contributed by atoms with Gasteiger partial charge in [0.25, 0.3) is 0 Å². The Morgan fingerprint density at radius 2 is 1.55 bits per heavy atom. The van der Waals surface area contributed by atoms with Gasteiger partial charge >= 0.3 is 0 Å². The molecule has 0 spiro atoms. The van der Waals surface area contributed by atoms with Crippen molar-refractivity contribution in [3.8, 4) is 28.6 Å². The average Bonchev–Trinajstić information content (AvgIpc) is 2.90. The highest BCUT2D eigenvalue weighted by Gasteiger charge is 2.14. The van der Waals surface area contributed by atoms with Gasteiger partial charge in [0.15, 0.2) is 11.5 Å². The number of aryl methyl sites for hydroxylation is 2. The minimum absolute atomic E-state index is 0.0171. The smallest absolute Gasteiger partial charge is 0.200 e. The highest BCUT2D eigenvalue weighted by Crippen LogP contribution is 2.40. The molecule has 1 heterocycles. The second-order valence-corrected chi connectivity index (χ2v) is 5.27. The van der Waals surface area contributed by atoms with Gasteiger partial charge < -0.3 is 19.6 Å². The van der Waals surface area contributed by atoms with Gasteiger partial charge in [0.2, 0.25) is 5.75 Å². The van der Waals surface area contributed by atoms with Crippen LogP contribution in [0.1, 0.15) is 11.1 Å². The topological polar surface area (TPSA) is 67.4 Å². The van der Waals surface area contributed by atoms with Crippen LogP contribution in [0.15, 0.2) is 24.3 Å². The number of phenols is 1. The number of benzene rings is 2. The van der Waals surface area contributed by atoms with Gasteiger partial charge in [-0.3, -0.25) is 0 Å². The first-order valence-corrected chi connectivity index (χ1v) is 6.95. The Labute approximate surface area is 128 Å². The molecular weight excluding hydrogens is 280 g/mol. The van der Waals surface area contributed by atoms with E-state index in [1.165, 1.54) is 25.3 Å². The third kappa shape index (κ3) is 2.24. The van der Waals surface area contributed by atoms with Crippen molar-refractivity contribution in [2.45, 2.75) is 13.8 Å². The van der Waals surface area contributed by atoms with Crippen molar-refractivity contribution in [2.24, 2.45) is 0 Å². The van der Waals surface area contributed by atoms with Gasteiger partial charge in [-0.25, -0.2) is 4.98 Å². The molecule has 0 unspecified atom stereocenters. The van der Waals surface area contributed by atoms with Crippen LogP contribution < -0.4 is 9.47 Å². The molecule has 114 valence electrons. The number of phenolic OH excluding ortho intramolecular Hbond substituents is 1. The van der Waals surface area contributed by atoms with Gasteiger partial charge in [-0.1, -0.05) is 0 Å². The zero-order valence-corrected chi connectivity index (χ0v) is 13.0. The monoisotopic (exact) mass is 298 g/mol. The predicted molar refractivity (Wildman–Crippen MR) is 85.8 cm³/mol. The molecule has 0 saturated carbocycles. The number of rotatable bonds is 3. The largest absolute Gasteiger partial charge is 0.502 e. The minimum atomic E-state index is -0.0171. The first kappa shape index (κ1) is 14.3. The van der Waals surface area contributed by atoms with Gasteiger partial charge in [0.1, 0.15) is 5.82 Å². The highest BCUT2D eigenvalue weighted by molar-refractivity contribution is 5.81.